The summed E-state index contributed by atoms with van der Waals surface area (Å²) in [5.74, 6) is 15.8. The van der Waals surface area contributed by atoms with Gasteiger partial charge >= 0.3 is 5.97 Å². The van der Waals surface area contributed by atoms with Crippen molar-refractivity contribution in [3.8, 4) is 63.9 Å². The number of hydrogen-bond donors (Lipinski definition) is 7. The summed E-state index contributed by atoms with van der Waals surface area (Å²) >= 11 is 12.3. The van der Waals surface area contributed by atoms with Crippen LogP contribution in [-0.2, 0) is 6.54 Å². The van der Waals surface area contributed by atoms with E-state index in [0.29, 0.717) is 103 Å². The molecule has 0 saturated heterocycles. The van der Waals surface area contributed by atoms with Gasteiger partial charge in [-0.05, 0) is 179 Å². The third-order valence-corrected chi connectivity index (χ3v) is 18.5. The molecule has 0 fully saturated rings. The standard InChI is InChI=1S/C30H29ClN4O2.C20H16N2O2.C19H15ClN6O.C19H18N4O2/c1-20-4-7-23(30(36)34-18-21-5-11-26(12-6-21)37-15-14-35(2)3)16-22(20)9-13-27-28-17-25(31)10-8-24(28)19-33-29(27)32;1-12-3-5-16-11-22-19(21)17(18(16)9-12)8-7-14-10-15(20(23)24)6-4-13(14)2;1-11(24-27)12-3-6-15(7-4-12)26-10-17(23-25-26)18-16-8-14(20)5-2-13(16)9-22-19(18)21;1-12-21-16-10-18(25-4)17(24-3)9-15(16)19(22-12)23(2)14-7-5-13(11-20)6-8-14/h4-8,10-12,16-17,19H,14-15,18H2,1-3H3,(H2,32,33)(H,34,36);3-6,9-11H,1-2H3,(H2,21,22)(H,23,24);2-10,24,27H,1H2,(H2,21,22);5-10H,1-4H3. The number of nitrogens with two attached hydrogens (primary N) is 3. The van der Waals surface area contributed by atoms with Gasteiger partial charge in [-0.3, -0.25) is 15.5 Å². The Bertz CT molecular complexity index is 6090. The van der Waals surface area contributed by atoms with Crippen molar-refractivity contribution < 1.29 is 34.1 Å². The van der Waals surface area contributed by atoms with Crippen molar-refractivity contribution in [1.82, 2.24) is 55.6 Å². The van der Waals surface area contributed by atoms with Crippen LogP contribution in [0.2, 0.25) is 10.0 Å². The number of halogens is 2. The van der Waals surface area contributed by atoms with Gasteiger partial charge < -0.3 is 51.6 Å². The number of carbonyl (C=O) groups is 2. The number of amides is 1. The molecule has 0 aliphatic carbocycles. The van der Waals surface area contributed by atoms with Gasteiger partial charge in [-0.1, -0.05) is 125 Å². The topological polar surface area (TPSA) is 330 Å². The molecule has 0 bridgehead atoms. The minimum Gasteiger partial charge on any atom is -0.493 e. The molecule has 25 heteroatoms. The van der Waals surface area contributed by atoms with Crippen molar-refractivity contribution >= 4 is 113 Å². The first-order valence-corrected chi connectivity index (χ1v) is 35.9. The van der Waals surface area contributed by atoms with Crippen LogP contribution in [0.15, 0.2) is 207 Å². The highest BCUT2D eigenvalue weighted by Gasteiger charge is 2.19. The predicted octanol–water partition coefficient (Wildman–Crippen LogP) is 15.8. The zero-order valence-corrected chi connectivity index (χ0v) is 64.7. The molecule has 14 aromatic rings. The number of benzene rings is 9. The van der Waals surface area contributed by atoms with Crippen LogP contribution in [0.4, 0.5) is 29.0 Å². The van der Waals surface area contributed by atoms with E-state index >= 15 is 0 Å². The molecule has 5 aromatic heterocycles. The Morgan fingerprint density at radius 3 is 1.77 bits per heavy atom. The van der Waals surface area contributed by atoms with E-state index in [4.69, 9.17) is 70.2 Å². The Hall–Kier alpha value is -14.1. The van der Waals surface area contributed by atoms with Crippen LogP contribution in [0.3, 0.4) is 0 Å². The van der Waals surface area contributed by atoms with E-state index in [-0.39, 0.29) is 11.5 Å². The number of nitrogens with one attached hydrogen (secondary N) is 2. The lowest BCUT2D eigenvalue weighted by Gasteiger charge is -2.21. The molecule has 0 radical (unpaired) electrons. The molecule has 9 aromatic carbocycles. The van der Waals surface area contributed by atoms with E-state index in [0.717, 1.165) is 106 Å². The van der Waals surface area contributed by atoms with Gasteiger partial charge in [0.1, 0.15) is 47.1 Å². The highest BCUT2D eigenvalue weighted by Crippen LogP contribution is 2.38. The van der Waals surface area contributed by atoms with Crippen molar-refractivity contribution in [3.05, 3.63) is 290 Å². The average Bonchev–Trinajstić information content (AvgIpc) is 1.52. The first kappa shape index (κ1) is 79.9. The lowest BCUT2D eigenvalue weighted by Crippen LogP contribution is -2.23. The molecule has 0 spiro atoms. The molecule has 10 N–H and O–H groups in total. The maximum Gasteiger partial charge on any atom is 0.335 e. The quantitative estimate of drug-likeness (QED) is 0.0349. The number of rotatable bonds is 16. The maximum atomic E-state index is 12.9. The third kappa shape index (κ3) is 19.7. The number of methoxy groups -OCH3 is 2. The van der Waals surface area contributed by atoms with Crippen molar-refractivity contribution in [3.63, 3.8) is 0 Å². The molecule has 0 aliphatic heterocycles. The first-order valence-electron chi connectivity index (χ1n) is 35.1. The van der Waals surface area contributed by atoms with Gasteiger partial charge in [0.15, 0.2) is 11.5 Å². The number of aromatic carboxylic acids is 1. The monoisotopic (exact) mass is 1540 g/mol. The molecule has 0 atom stereocenters. The van der Waals surface area contributed by atoms with E-state index in [9.17, 15) is 9.59 Å². The second-order valence-corrected chi connectivity index (χ2v) is 27.0. The van der Waals surface area contributed by atoms with Gasteiger partial charge in [0, 0.05) is 110 Å². The zero-order valence-electron chi connectivity index (χ0n) is 63.2. The van der Waals surface area contributed by atoms with Crippen LogP contribution in [-0.4, -0.2) is 116 Å². The predicted molar refractivity (Wildman–Crippen MR) is 447 cm³/mol. The third-order valence-electron chi connectivity index (χ3n) is 18.0. The van der Waals surface area contributed by atoms with Crippen LogP contribution in [0.25, 0.3) is 65.9 Å². The van der Waals surface area contributed by atoms with Crippen molar-refractivity contribution in [2.24, 2.45) is 0 Å². The number of ether oxygens (including phenoxy) is 3. The number of nitrogens with zero attached hydrogens (tertiary/aromatic N) is 11. The van der Waals surface area contributed by atoms with Crippen molar-refractivity contribution in [2.75, 3.05) is 70.6 Å². The average molecular weight is 1540 g/mol. The number of carboxylic acids is 1. The van der Waals surface area contributed by atoms with E-state index in [1.165, 1.54) is 0 Å². The number of fused-ring (bicyclic) bond motifs is 4. The number of aromatic nitrogens is 8. The van der Waals surface area contributed by atoms with Crippen LogP contribution in [0, 0.1) is 62.7 Å². The SMILES string of the molecule is C=C(NO)c1ccc(-n2cc(-c3c(N)ncc4ccc(Cl)cc34)nn2)cc1.COc1cc2nc(C)nc(N(C)c3ccc(C#N)cc3)c2cc1OC.Cc1ccc(C(=O)NCc2ccc(OCCN(C)C)cc2)cc1C#Cc1c(N)ncc2ccc(Cl)cc12.Cc1ccc2cnc(N)c(C#Cc3cc(C(=O)O)ccc3C)c2c1. The van der Waals surface area contributed by atoms with Crippen LogP contribution >= 0.6 is 23.2 Å². The zero-order chi connectivity index (χ0) is 80.6. The number of nitrogen functional groups attached to an aromatic ring is 3. The van der Waals surface area contributed by atoms with Crippen LogP contribution < -0.4 is 47.1 Å². The molecule has 5 heterocycles. The molecule has 1 amide bonds. The van der Waals surface area contributed by atoms with Crippen LogP contribution in [0.1, 0.15) is 82.2 Å². The molecular formula is C88H78Cl2N16O7. The number of hydrogen-bond acceptors (Lipinski definition) is 20. The number of carboxylic acid groups (broad SMARTS) is 1. The number of likely N-dealkylation sites (N-methyl/N-ethyl adjacent to an activating group) is 1. The fourth-order valence-electron chi connectivity index (χ4n) is 11.7. The van der Waals surface area contributed by atoms with Crippen molar-refractivity contribution in [1.29, 1.82) is 5.26 Å². The number of nitriles is 1. The summed E-state index contributed by atoms with van der Waals surface area (Å²) < 4.78 is 18.1. The highest BCUT2D eigenvalue weighted by molar-refractivity contribution is 6.32. The maximum absolute atomic E-state index is 12.9. The molecule has 14 rings (SSSR count). The lowest BCUT2D eigenvalue weighted by molar-refractivity contribution is 0.0696. The first-order chi connectivity index (χ1) is 54.4. The summed E-state index contributed by atoms with van der Waals surface area (Å²) in [5.41, 5.74) is 33.3. The lowest BCUT2D eigenvalue weighted by atomic mass is 10.0. The number of pyridine rings is 3. The normalized spacial score (nSPS) is 10.6. The van der Waals surface area contributed by atoms with Gasteiger partial charge in [0.2, 0.25) is 0 Å². The number of carbonyl (C=O) groups excluding carboxylic acids is 1. The fourth-order valence-corrected chi connectivity index (χ4v) is 12.1. The molecule has 23 nitrogen and oxygen atoms in total. The van der Waals surface area contributed by atoms with Gasteiger partial charge in [-0.2, -0.15) is 5.26 Å². The molecular weight excluding hydrogens is 1460 g/mol. The van der Waals surface area contributed by atoms with E-state index in [2.05, 4.69) is 81.8 Å². The van der Waals surface area contributed by atoms with E-state index < -0.39 is 5.97 Å². The Labute approximate surface area is 662 Å². The molecule has 0 aliphatic rings. The van der Waals surface area contributed by atoms with Crippen molar-refractivity contribution in [2.45, 2.75) is 34.2 Å². The number of anilines is 5. The van der Waals surface area contributed by atoms with Gasteiger partial charge in [-0.15, -0.1) is 5.10 Å². The number of hydroxylamine groups is 1. The molecule has 113 heavy (non-hydrogen) atoms. The minimum absolute atomic E-state index is 0.174. The van der Waals surface area contributed by atoms with Crippen LogP contribution in [0.5, 0.6) is 17.2 Å². The highest BCUT2D eigenvalue weighted by atomic mass is 35.5. The Morgan fingerprint density at radius 2 is 1.18 bits per heavy atom. The summed E-state index contributed by atoms with van der Waals surface area (Å²) in [5, 5.41) is 45.9. The summed E-state index contributed by atoms with van der Waals surface area (Å²) in [6, 6.07) is 55.7. The van der Waals surface area contributed by atoms with Gasteiger partial charge in [0.05, 0.1) is 71.2 Å². The van der Waals surface area contributed by atoms with Gasteiger partial charge in [0.25, 0.3) is 5.91 Å². The Balaban J connectivity index is 0.000000151. The summed E-state index contributed by atoms with van der Waals surface area (Å²) in [4.78, 5) is 49.8. The van der Waals surface area contributed by atoms with E-state index in [1.807, 2.05) is 181 Å². The fraction of sp³-hybridized carbons (Fsp3) is 0.136. The summed E-state index contributed by atoms with van der Waals surface area (Å²) in [6.07, 6.45) is 6.91. The van der Waals surface area contributed by atoms with E-state index in [1.54, 1.807) is 98.3 Å². The second-order valence-electron chi connectivity index (χ2n) is 26.2. The summed E-state index contributed by atoms with van der Waals surface area (Å²) in [7, 11) is 9.14. The molecule has 0 saturated carbocycles. The largest absolute Gasteiger partial charge is 0.493 e. The minimum atomic E-state index is -0.972. The molecule has 0 unspecified atom stereocenters. The smallest absolute Gasteiger partial charge is 0.335 e. The molecule has 566 valence electrons. The second kappa shape index (κ2) is 36.4. The van der Waals surface area contributed by atoms with Gasteiger partial charge in [-0.25, -0.2) is 34.4 Å². The Kier molecular flexibility index (Phi) is 25.7. The Morgan fingerprint density at radius 1 is 0.619 bits per heavy atom. The summed E-state index contributed by atoms with van der Waals surface area (Å²) in [6.45, 7) is 13.3. The number of aryl methyl sites for hydroxylation is 4.